The highest BCUT2D eigenvalue weighted by Gasteiger charge is 2.30. The van der Waals surface area contributed by atoms with Crippen LogP contribution >= 0.6 is 23.3 Å². The first kappa shape index (κ1) is 10.2. The summed E-state index contributed by atoms with van der Waals surface area (Å²) in [4.78, 5) is 11.4. The SMILES string of the molecule is CC(C)(C)N1Cc2cc(C=O)sc2S1. The van der Waals surface area contributed by atoms with Crippen LogP contribution in [0.25, 0.3) is 0 Å². The van der Waals surface area contributed by atoms with E-state index in [1.54, 1.807) is 23.3 Å². The normalized spacial score (nSPS) is 17.1. The molecule has 2 nitrogen and oxygen atoms in total. The molecule has 0 saturated carbocycles. The Hall–Kier alpha value is -0.320. The lowest BCUT2D eigenvalue weighted by Gasteiger charge is -2.29. The van der Waals surface area contributed by atoms with Gasteiger partial charge >= 0.3 is 0 Å². The molecule has 0 aliphatic carbocycles. The summed E-state index contributed by atoms with van der Waals surface area (Å²) in [6.45, 7) is 7.57. The van der Waals surface area contributed by atoms with Crippen molar-refractivity contribution in [3.05, 3.63) is 16.5 Å². The van der Waals surface area contributed by atoms with Gasteiger partial charge in [-0.15, -0.1) is 11.3 Å². The van der Waals surface area contributed by atoms with Crippen LogP contribution in [0.3, 0.4) is 0 Å². The fourth-order valence-electron chi connectivity index (χ4n) is 1.34. The molecular formula is C10H13NOS2. The summed E-state index contributed by atoms with van der Waals surface area (Å²) >= 11 is 3.37. The van der Waals surface area contributed by atoms with Crippen LogP contribution < -0.4 is 0 Å². The van der Waals surface area contributed by atoms with Gasteiger partial charge in [0, 0.05) is 12.1 Å². The minimum absolute atomic E-state index is 0.185. The third-order valence-electron chi connectivity index (χ3n) is 2.16. The van der Waals surface area contributed by atoms with Gasteiger partial charge < -0.3 is 0 Å². The summed E-state index contributed by atoms with van der Waals surface area (Å²) in [7, 11) is 0. The molecule has 1 aromatic rings. The van der Waals surface area contributed by atoms with E-state index in [4.69, 9.17) is 0 Å². The average Bonchev–Trinajstić information content (AvgIpc) is 2.56. The third-order valence-corrected chi connectivity index (χ3v) is 4.86. The predicted octanol–water partition coefficient (Wildman–Crippen LogP) is 3.18. The molecule has 0 atom stereocenters. The summed E-state index contributed by atoms with van der Waals surface area (Å²) in [5, 5.41) is 0. The number of fused-ring (bicyclic) bond motifs is 1. The Labute approximate surface area is 92.4 Å². The van der Waals surface area contributed by atoms with Crippen LogP contribution in [0.15, 0.2) is 10.3 Å². The molecule has 2 rings (SSSR count). The molecule has 0 bridgehead atoms. The van der Waals surface area contributed by atoms with Crippen molar-refractivity contribution < 1.29 is 4.79 Å². The molecule has 4 heteroatoms. The van der Waals surface area contributed by atoms with E-state index in [9.17, 15) is 4.79 Å². The molecule has 76 valence electrons. The van der Waals surface area contributed by atoms with Crippen molar-refractivity contribution in [2.75, 3.05) is 0 Å². The van der Waals surface area contributed by atoms with Gasteiger partial charge in [-0.3, -0.25) is 4.79 Å². The van der Waals surface area contributed by atoms with Crippen molar-refractivity contribution in [2.45, 2.75) is 37.1 Å². The van der Waals surface area contributed by atoms with E-state index in [1.807, 2.05) is 6.07 Å². The van der Waals surface area contributed by atoms with Crippen LogP contribution in [0, 0.1) is 0 Å². The van der Waals surface area contributed by atoms with Gasteiger partial charge in [0.2, 0.25) is 0 Å². The molecular weight excluding hydrogens is 214 g/mol. The van der Waals surface area contributed by atoms with Crippen LogP contribution in [0.2, 0.25) is 0 Å². The van der Waals surface area contributed by atoms with Crippen LogP contribution in [-0.2, 0) is 6.54 Å². The zero-order valence-corrected chi connectivity index (χ0v) is 10.2. The van der Waals surface area contributed by atoms with Crippen LogP contribution in [0.4, 0.5) is 0 Å². The van der Waals surface area contributed by atoms with E-state index in [-0.39, 0.29) is 5.54 Å². The number of carbonyl (C=O) groups excluding carboxylic acids is 1. The maximum absolute atomic E-state index is 10.6. The van der Waals surface area contributed by atoms with E-state index < -0.39 is 0 Å². The highest BCUT2D eigenvalue weighted by atomic mass is 32.2. The van der Waals surface area contributed by atoms with E-state index >= 15 is 0 Å². The number of thiophene rings is 1. The van der Waals surface area contributed by atoms with Gasteiger partial charge in [-0.2, -0.15) is 0 Å². The second kappa shape index (κ2) is 3.36. The molecule has 2 heterocycles. The second-order valence-electron chi connectivity index (χ2n) is 4.38. The van der Waals surface area contributed by atoms with Crippen LogP contribution in [0.5, 0.6) is 0 Å². The summed E-state index contributed by atoms with van der Waals surface area (Å²) in [5.41, 5.74) is 1.49. The maximum Gasteiger partial charge on any atom is 0.160 e. The average molecular weight is 227 g/mol. The van der Waals surface area contributed by atoms with Crippen molar-refractivity contribution in [1.29, 1.82) is 0 Å². The minimum Gasteiger partial charge on any atom is -0.297 e. The lowest BCUT2D eigenvalue weighted by molar-refractivity contribution is 0.112. The molecule has 0 unspecified atom stereocenters. The van der Waals surface area contributed by atoms with Crippen molar-refractivity contribution in [3.63, 3.8) is 0 Å². The van der Waals surface area contributed by atoms with Crippen molar-refractivity contribution in [1.82, 2.24) is 4.31 Å². The Morgan fingerprint density at radius 3 is 2.71 bits per heavy atom. The van der Waals surface area contributed by atoms with Crippen molar-refractivity contribution >= 4 is 29.6 Å². The molecule has 1 aliphatic rings. The maximum atomic E-state index is 10.6. The predicted molar refractivity (Wildman–Crippen MR) is 60.9 cm³/mol. The lowest BCUT2D eigenvalue weighted by atomic mass is 10.1. The minimum atomic E-state index is 0.185. The number of rotatable bonds is 1. The zero-order chi connectivity index (χ0) is 10.3. The van der Waals surface area contributed by atoms with E-state index in [2.05, 4.69) is 25.1 Å². The number of nitrogens with zero attached hydrogens (tertiary/aromatic N) is 1. The van der Waals surface area contributed by atoms with Crippen molar-refractivity contribution in [2.24, 2.45) is 0 Å². The number of aldehydes is 1. The van der Waals surface area contributed by atoms with Crippen molar-refractivity contribution in [3.8, 4) is 0 Å². The fourth-order valence-corrected chi connectivity index (χ4v) is 3.68. The largest absolute Gasteiger partial charge is 0.297 e. The number of hydrogen-bond donors (Lipinski definition) is 0. The monoisotopic (exact) mass is 227 g/mol. The molecule has 14 heavy (non-hydrogen) atoms. The highest BCUT2D eigenvalue weighted by molar-refractivity contribution is 7.99. The van der Waals surface area contributed by atoms with Gasteiger partial charge in [-0.05, 0) is 44.3 Å². The Morgan fingerprint density at radius 1 is 1.50 bits per heavy atom. The summed E-state index contributed by atoms with van der Waals surface area (Å²) in [6.07, 6.45) is 0.935. The molecule has 0 spiro atoms. The number of carbonyl (C=O) groups is 1. The van der Waals surface area contributed by atoms with Gasteiger partial charge in [0.25, 0.3) is 0 Å². The molecule has 0 fully saturated rings. The van der Waals surface area contributed by atoms with E-state index in [0.29, 0.717) is 0 Å². The Balaban J connectivity index is 2.20. The molecule has 0 radical (unpaired) electrons. The number of hydrogen-bond acceptors (Lipinski definition) is 4. The first-order valence-electron chi connectivity index (χ1n) is 4.54. The Kier molecular flexibility index (Phi) is 2.45. The second-order valence-corrected chi connectivity index (χ2v) is 6.75. The molecule has 0 N–H and O–H groups in total. The van der Waals surface area contributed by atoms with Gasteiger partial charge in [0.15, 0.2) is 6.29 Å². The van der Waals surface area contributed by atoms with Crippen LogP contribution in [-0.4, -0.2) is 16.1 Å². The molecule has 1 aromatic heterocycles. The molecule has 1 aliphatic heterocycles. The Bertz CT molecular complexity index is 341. The highest BCUT2D eigenvalue weighted by Crippen LogP contribution is 2.44. The quantitative estimate of drug-likeness (QED) is 0.543. The summed E-state index contributed by atoms with van der Waals surface area (Å²) in [5.74, 6) is 0. The standard InChI is InChI=1S/C10H13NOS2/c1-10(2,3)11-5-7-4-8(6-12)13-9(7)14-11/h4,6H,5H2,1-3H3. The zero-order valence-electron chi connectivity index (χ0n) is 8.53. The van der Waals surface area contributed by atoms with Gasteiger partial charge in [0.1, 0.15) is 0 Å². The summed E-state index contributed by atoms with van der Waals surface area (Å²) in [6, 6.07) is 2.01. The molecule has 0 amide bonds. The third kappa shape index (κ3) is 1.74. The fraction of sp³-hybridized carbons (Fsp3) is 0.500. The topological polar surface area (TPSA) is 20.3 Å². The summed E-state index contributed by atoms with van der Waals surface area (Å²) < 4.78 is 3.63. The van der Waals surface area contributed by atoms with Crippen LogP contribution in [0.1, 0.15) is 36.0 Å². The first-order chi connectivity index (χ1) is 6.50. The molecule has 0 aromatic carbocycles. The molecule has 0 saturated heterocycles. The van der Waals surface area contributed by atoms with E-state index in [1.165, 1.54) is 9.77 Å². The van der Waals surface area contributed by atoms with E-state index in [0.717, 1.165) is 17.7 Å². The van der Waals surface area contributed by atoms with Gasteiger partial charge in [0.05, 0.1) is 9.09 Å². The lowest BCUT2D eigenvalue weighted by Crippen LogP contribution is -2.32. The first-order valence-corrected chi connectivity index (χ1v) is 6.13. The van der Waals surface area contributed by atoms with Gasteiger partial charge in [-0.25, -0.2) is 4.31 Å². The van der Waals surface area contributed by atoms with Gasteiger partial charge in [-0.1, -0.05) is 0 Å². The smallest absolute Gasteiger partial charge is 0.160 e. The Morgan fingerprint density at radius 2 is 2.21 bits per heavy atom.